The summed E-state index contributed by atoms with van der Waals surface area (Å²) in [6.07, 6.45) is 3.26. The number of hydrogen-bond donors (Lipinski definition) is 2. The predicted molar refractivity (Wildman–Crippen MR) is 98.2 cm³/mol. The van der Waals surface area contributed by atoms with Gasteiger partial charge in [0.25, 0.3) is 11.3 Å². The second-order valence-corrected chi connectivity index (χ2v) is 7.17. The SMILES string of the molecule is CN(c1ccc(N2CCC3(O)C(=O)c4ccncc4N=C23)cc1)S(=O)O. The van der Waals surface area contributed by atoms with E-state index in [2.05, 4.69) is 9.98 Å². The van der Waals surface area contributed by atoms with Gasteiger partial charge in [0.15, 0.2) is 5.60 Å². The number of aliphatic imine (C=N–C) groups is 1. The van der Waals surface area contributed by atoms with E-state index >= 15 is 0 Å². The van der Waals surface area contributed by atoms with Crippen LogP contribution in [0.4, 0.5) is 17.1 Å². The van der Waals surface area contributed by atoms with Crippen LogP contribution in [0.5, 0.6) is 0 Å². The van der Waals surface area contributed by atoms with Crippen LogP contribution in [0.25, 0.3) is 0 Å². The summed E-state index contributed by atoms with van der Waals surface area (Å²) in [7, 11) is 1.51. The van der Waals surface area contributed by atoms with E-state index in [9.17, 15) is 14.1 Å². The van der Waals surface area contributed by atoms with Gasteiger partial charge in [-0.05, 0) is 30.3 Å². The van der Waals surface area contributed by atoms with E-state index in [0.717, 1.165) is 5.69 Å². The van der Waals surface area contributed by atoms with Crippen LogP contribution in [0.2, 0.25) is 0 Å². The molecule has 3 heterocycles. The van der Waals surface area contributed by atoms with Gasteiger partial charge in [-0.25, -0.2) is 9.20 Å². The monoisotopic (exact) mass is 372 g/mol. The second-order valence-electron chi connectivity index (χ2n) is 6.16. The van der Waals surface area contributed by atoms with Crippen LogP contribution in [0.1, 0.15) is 16.8 Å². The van der Waals surface area contributed by atoms with Crippen LogP contribution in [0, 0.1) is 0 Å². The number of ketones is 1. The Kier molecular flexibility index (Phi) is 3.87. The van der Waals surface area contributed by atoms with Crippen molar-refractivity contribution in [1.29, 1.82) is 0 Å². The molecule has 2 aliphatic heterocycles. The third-order valence-corrected chi connectivity index (χ3v) is 5.41. The van der Waals surface area contributed by atoms with Gasteiger partial charge in [-0.15, -0.1) is 0 Å². The average Bonchev–Trinajstić information content (AvgIpc) is 2.99. The Bertz CT molecular complexity index is 946. The maximum Gasteiger partial charge on any atom is 0.261 e. The molecular weight excluding hydrogens is 356 g/mol. The van der Waals surface area contributed by atoms with Crippen molar-refractivity contribution in [2.75, 3.05) is 22.8 Å². The highest BCUT2D eigenvalue weighted by molar-refractivity contribution is 7.80. The Morgan fingerprint density at radius 2 is 2.00 bits per heavy atom. The number of carbonyl (C=O) groups excluding carboxylic acids is 1. The standard InChI is InChI=1S/C17H16N4O4S/c1-20(26(24)25)11-2-4-12(5-3-11)21-9-7-17(23)15(22)13-6-8-18-10-14(13)19-16(17)21/h2-6,8,10,23H,7,9H2,1H3,(H,24,25). The van der Waals surface area contributed by atoms with Gasteiger partial charge >= 0.3 is 0 Å². The first-order valence-corrected chi connectivity index (χ1v) is 9.01. The van der Waals surface area contributed by atoms with E-state index in [1.807, 2.05) is 0 Å². The number of pyridine rings is 1. The molecule has 2 aromatic rings. The van der Waals surface area contributed by atoms with Crippen LogP contribution in [0.3, 0.4) is 0 Å². The molecule has 1 fully saturated rings. The predicted octanol–water partition coefficient (Wildman–Crippen LogP) is 1.52. The second kappa shape index (κ2) is 5.97. The Labute approximate surface area is 152 Å². The molecule has 2 N–H and O–H groups in total. The lowest BCUT2D eigenvalue weighted by Gasteiger charge is -2.29. The molecule has 0 radical (unpaired) electrons. The summed E-state index contributed by atoms with van der Waals surface area (Å²) in [5.74, 6) is -0.0794. The molecule has 134 valence electrons. The van der Waals surface area contributed by atoms with Crippen molar-refractivity contribution in [2.24, 2.45) is 4.99 Å². The minimum absolute atomic E-state index is 0.245. The van der Waals surface area contributed by atoms with Crippen LogP contribution in [-0.2, 0) is 11.3 Å². The molecule has 1 aromatic carbocycles. The molecule has 1 aromatic heterocycles. The van der Waals surface area contributed by atoms with Gasteiger partial charge in [0, 0.05) is 31.9 Å². The molecule has 4 rings (SSSR count). The fourth-order valence-corrected chi connectivity index (χ4v) is 3.57. The summed E-state index contributed by atoms with van der Waals surface area (Å²) in [5.41, 5.74) is 0.476. The van der Waals surface area contributed by atoms with Crippen LogP contribution in [-0.4, -0.2) is 49.7 Å². The van der Waals surface area contributed by atoms with Crippen molar-refractivity contribution in [3.63, 3.8) is 0 Å². The number of hydrogen-bond acceptors (Lipinski definition) is 6. The number of nitrogens with zero attached hydrogens (tertiary/aromatic N) is 4. The Morgan fingerprint density at radius 3 is 2.69 bits per heavy atom. The van der Waals surface area contributed by atoms with Gasteiger partial charge in [-0.3, -0.25) is 18.6 Å². The molecule has 0 bridgehead atoms. The van der Waals surface area contributed by atoms with E-state index in [-0.39, 0.29) is 18.0 Å². The average molecular weight is 372 g/mol. The number of fused-ring (bicyclic) bond motifs is 2. The summed E-state index contributed by atoms with van der Waals surface area (Å²) >= 11 is -2.11. The summed E-state index contributed by atoms with van der Waals surface area (Å²) < 4.78 is 21.5. The number of benzene rings is 1. The lowest BCUT2D eigenvalue weighted by atomic mass is 9.88. The van der Waals surface area contributed by atoms with Crippen molar-refractivity contribution in [2.45, 2.75) is 12.0 Å². The molecule has 26 heavy (non-hydrogen) atoms. The molecule has 0 amide bonds. The van der Waals surface area contributed by atoms with E-state index < -0.39 is 16.9 Å². The first-order valence-electron chi connectivity index (χ1n) is 7.94. The molecule has 8 nitrogen and oxygen atoms in total. The van der Waals surface area contributed by atoms with Crippen molar-refractivity contribution in [3.8, 4) is 0 Å². The third-order valence-electron chi connectivity index (χ3n) is 4.73. The first kappa shape index (κ1) is 16.8. The fraction of sp³-hybridized carbons (Fsp3) is 0.235. The maximum absolute atomic E-state index is 12.8. The zero-order valence-electron chi connectivity index (χ0n) is 13.9. The van der Waals surface area contributed by atoms with E-state index in [1.165, 1.54) is 23.7 Å². The van der Waals surface area contributed by atoms with Crippen LogP contribution >= 0.6 is 0 Å². The van der Waals surface area contributed by atoms with Crippen LogP contribution in [0.15, 0.2) is 47.7 Å². The molecule has 2 unspecified atom stereocenters. The highest BCUT2D eigenvalue weighted by Gasteiger charge is 2.52. The third kappa shape index (κ3) is 2.44. The van der Waals surface area contributed by atoms with Gasteiger partial charge in [0.1, 0.15) is 5.84 Å². The van der Waals surface area contributed by atoms with Crippen LogP contribution < -0.4 is 9.21 Å². The largest absolute Gasteiger partial charge is 0.374 e. The van der Waals surface area contributed by atoms with Gasteiger partial charge in [-0.2, -0.15) is 0 Å². The lowest BCUT2D eigenvalue weighted by molar-refractivity contribution is 0.0602. The molecule has 2 atom stereocenters. The van der Waals surface area contributed by atoms with E-state index in [4.69, 9.17) is 4.55 Å². The van der Waals surface area contributed by atoms with E-state index in [0.29, 0.717) is 23.5 Å². The van der Waals surface area contributed by atoms with Gasteiger partial charge in [0.05, 0.1) is 23.1 Å². The molecule has 0 saturated carbocycles. The van der Waals surface area contributed by atoms with Crippen molar-refractivity contribution in [3.05, 3.63) is 48.3 Å². The highest BCUT2D eigenvalue weighted by atomic mass is 32.2. The molecule has 9 heteroatoms. The zero-order valence-corrected chi connectivity index (χ0v) is 14.7. The minimum atomic E-state index is -2.11. The van der Waals surface area contributed by atoms with Gasteiger partial charge < -0.3 is 10.0 Å². The molecular formula is C17H16N4O4S. The number of amidine groups is 1. The summed E-state index contributed by atoms with van der Waals surface area (Å²) in [6, 6.07) is 8.48. The molecule has 0 aliphatic carbocycles. The van der Waals surface area contributed by atoms with E-state index in [1.54, 1.807) is 35.2 Å². The number of aromatic nitrogens is 1. The van der Waals surface area contributed by atoms with Crippen molar-refractivity contribution < 1.29 is 18.7 Å². The first-order chi connectivity index (χ1) is 12.4. The number of rotatable bonds is 3. The summed E-state index contributed by atoms with van der Waals surface area (Å²) in [6.45, 7) is 0.434. The minimum Gasteiger partial charge on any atom is -0.374 e. The lowest BCUT2D eigenvalue weighted by Crippen LogP contribution is -2.48. The molecule has 1 saturated heterocycles. The van der Waals surface area contributed by atoms with Gasteiger partial charge in [-0.1, -0.05) is 0 Å². The maximum atomic E-state index is 12.8. The molecule has 2 aliphatic rings. The Balaban J connectivity index is 1.73. The van der Waals surface area contributed by atoms with Gasteiger partial charge in [0.2, 0.25) is 5.78 Å². The topological polar surface area (TPSA) is 106 Å². The Morgan fingerprint density at radius 1 is 1.27 bits per heavy atom. The normalized spacial score (nSPS) is 22.5. The Hall–Kier alpha value is -2.62. The van der Waals surface area contributed by atoms with Crippen molar-refractivity contribution >= 4 is 39.9 Å². The number of carbonyl (C=O) groups is 1. The summed E-state index contributed by atoms with van der Waals surface area (Å²) in [4.78, 5) is 23.0. The quantitative estimate of drug-likeness (QED) is 0.792. The number of Topliss-reactive ketones (excluding diaryl/α,β-unsaturated/α-hetero) is 1. The number of aliphatic hydroxyl groups is 1. The smallest absolute Gasteiger partial charge is 0.261 e. The zero-order chi connectivity index (χ0) is 18.5. The summed E-state index contributed by atoms with van der Waals surface area (Å²) in [5, 5.41) is 10.9. The molecule has 0 spiro atoms. The highest BCUT2D eigenvalue weighted by Crippen LogP contribution is 2.39. The van der Waals surface area contributed by atoms with Crippen molar-refractivity contribution in [1.82, 2.24) is 4.98 Å². The fourth-order valence-electron chi connectivity index (χ4n) is 3.27. The number of anilines is 2.